The zero-order chi connectivity index (χ0) is 11.7. The molecule has 0 bridgehead atoms. The fourth-order valence-corrected chi connectivity index (χ4v) is 2.21. The largest absolute Gasteiger partial charge is 0.334 e. The van der Waals surface area contributed by atoms with Crippen molar-refractivity contribution in [3.05, 3.63) is 46.8 Å². The molecule has 0 amide bonds. The van der Waals surface area contributed by atoms with E-state index in [2.05, 4.69) is 10.1 Å². The van der Waals surface area contributed by atoms with Gasteiger partial charge < -0.3 is 4.52 Å². The molecule has 3 rings (SSSR count). The van der Waals surface area contributed by atoms with E-state index >= 15 is 0 Å². The number of aromatic nitrogens is 2. The summed E-state index contributed by atoms with van der Waals surface area (Å²) in [5.74, 6) is 1.12. The van der Waals surface area contributed by atoms with Gasteiger partial charge in [0.15, 0.2) is 0 Å². The lowest BCUT2D eigenvalue weighted by atomic mass is 10.2. The zero-order valence-electron chi connectivity index (χ0n) is 8.63. The van der Waals surface area contributed by atoms with Gasteiger partial charge >= 0.3 is 0 Å². The molecule has 17 heavy (non-hydrogen) atoms. The SMILES string of the molecule is Clc1ccc(-c2nc(-c3cccs3)no2)cc1. The van der Waals surface area contributed by atoms with Gasteiger partial charge in [-0.1, -0.05) is 22.8 Å². The van der Waals surface area contributed by atoms with Crippen molar-refractivity contribution in [2.24, 2.45) is 0 Å². The minimum atomic E-state index is 0.505. The Morgan fingerprint density at radius 3 is 2.65 bits per heavy atom. The van der Waals surface area contributed by atoms with E-state index in [4.69, 9.17) is 16.1 Å². The molecule has 0 aliphatic heterocycles. The molecule has 1 aromatic carbocycles. The Kier molecular flexibility index (Phi) is 2.66. The third-order valence-corrected chi connectivity index (χ3v) is 3.38. The van der Waals surface area contributed by atoms with Crippen LogP contribution in [0.2, 0.25) is 5.02 Å². The number of halogens is 1. The molecule has 3 aromatic rings. The van der Waals surface area contributed by atoms with Crippen LogP contribution in [0.1, 0.15) is 0 Å². The van der Waals surface area contributed by atoms with Crippen LogP contribution in [0.3, 0.4) is 0 Å². The van der Waals surface area contributed by atoms with Gasteiger partial charge in [0.1, 0.15) is 0 Å². The third-order valence-electron chi connectivity index (χ3n) is 2.26. The van der Waals surface area contributed by atoms with E-state index in [1.54, 1.807) is 23.5 Å². The molecule has 84 valence electrons. The molecule has 0 unspecified atom stereocenters. The van der Waals surface area contributed by atoms with Crippen molar-refractivity contribution < 1.29 is 4.52 Å². The minimum absolute atomic E-state index is 0.505. The van der Waals surface area contributed by atoms with Crippen LogP contribution in [0.15, 0.2) is 46.3 Å². The Bertz CT molecular complexity index is 616. The maximum atomic E-state index is 5.82. The van der Waals surface area contributed by atoms with Crippen molar-refractivity contribution in [2.45, 2.75) is 0 Å². The number of rotatable bonds is 2. The second-order valence-corrected chi connectivity index (χ2v) is 4.79. The Morgan fingerprint density at radius 1 is 1.12 bits per heavy atom. The molecule has 0 saturated heterocycles. The van der Waals surface area contributed by atoms with Crippen molar-refractivity contribution >= 4 is 22.9 Å². The lowest BCUT2D eigenvalue weighted by molar-refractivity contribution is 0.432. The van der Waals surface area contributed by atoms with Gasteiger partial charge in [0.2, 0.25) is 5.82 Å². The molecule has 0 fully saturated rings. The second kappa shape index (κ2) is 4.31. The van der Waals surface area contributed by atoms with E-state index in [-0.39, 0.29) is 0 Å². The Morgan fingerprint density at radius 2 is 1.94 bits per heavy atom. The van der Waals surface area contributed by atoms with Crippen LogP contribution in [0.4, 0.5) is 0 Å². The van der Waals surface area contributed by atoms with Gasteiger partial charge in [0.25, 0.3) is 5.89 Å². The molecule has 2 heterocycles. The summed E-state index contributed by atoms with van der Waals surface area (Å²) in [4.78, 5) is 5.34. The van der Waals surface area contributed by atoms with E-state index in [0.29, 0.717) is 16.7 Å². The summed E-state index contributed by atoms with van der Waals surface area (Å²) in [5.41, 5.74) is 0.865. The van der Waals surface area contributed by atoms with Crippen molar-refractivity contribution in [3.8, 4) is 22.2 Å². The normalized spacial score (nSPS) is 10.6. The summed E-state index contributed by atoms with van der Waals surface area (Å²) in [6, 6.07) is 11.2. The average molecular weight is 263 g/mol. The number of thiophene rings is 1. The minimum Gasteiger partial charge on any atom is -0.334 e. The summed E-state index contributed by atoms with van der Waals surface area (Å²) in [6.45, 7) is 0. The molecule has 0 atom stereocenters. The van der Waals surface area contributed by atoms with E-state index in [0.717, 1.165) is 10.4 Å². The van der Waals surface area contributed by atoms with Gasteiger partial charge in [0.05, 0.1) is 4.88 Å². The summed E-state index contributed by atoms with van der Waals surface area (Å²) >= 11 is 7.40. The van der Waals surface area contributed by atoms with E-state index < -0.39 is 0 Å². The predicted octanol–water partition coefficient (Wildman–Crippen LogP) is 4.12. The van der Waals surface area contributed by atoms with Crippen molar-refractivity contribution in [1.29, 1.82) is 0 Å². The van der Waals surface area contributed by atoms with Crippen LogP contribution in [0, 0.1) is 0 Å². The van der Waals surface area contributed by atoms with Crippen LogP contribution in [-0.2, 0) is 0 Å². The molecule has 5 heteroatoms. The first-order valence-electron chi connectivity index (χ1n) is 4.96. The Balaban J connectivity index is 1.98. The predicted molar refractivity (Wildman–Crippen MR) is 68.1 cm³/mol. The van der Waals surface area contributed by atoms with Gasteiger partial charge in [-0.3, -0.25) is 0 Å². The van der Waals surface area contributed by atoms with Crippen molar-refractivity contribution in [2.75, 3.05) is 0 Å². The number of nitrogens with zero attached hydrogens (tertiary/aromatic N) is 2. The maximum Gasteiger partial charge on any atom is 0.258 e. The zero-order valence-corrected chi connectivity index (χ0v) is 10.2. The van der Waals surface area contributed by atoms with Crippen molar-refractivity contribution in [3.63, 3.8) is 0 Å². The highest BCUT2D eigenvalue weighted by molar-refractivity contribution is 7.13. The summed E-state index contributed by atoms with van der Waals surface area (Å²) in [5, 5.41) is 6.62. The summed E-state index contributed by atoms with van der Waals surface area (Å²) in [6.07, 6.45) is 0. The molecule has 0 spiro atoms. The molecule has 0 saturated carbocycles. The van der Waals surface area contributed by atoms with Gasteiger partial charge in [-0.05, 0) is 35.7 Å². The molecule has 0 radical (unpaired) electrons. The molecule has 3 nitrogen and oxygen atoms in total. The molecule has 0 aliphatic rings. The average Bonchev–Trinajstić information content (AvgIpc) is 3.00. The van der Waals surface area contributed by atoms with Crippen LogP contribution in [0.25, 0.3) is 22.2 Å². The van der Waals surface area contributed by atoms with E-state index in [1.807, 2.05) is 29.6 Å². The Hall–Kier alpha value is -1.65. The summed E-state index contributed by atoms with van der Waals surface area (Å²) < 4.78 is 5.22. The lowest BCUT2D eigenvalue weighted by Crippen LogP contribution is -1.77. The van der Waals surface area contributed by atoms with Gasteiger partial charge in [-0.2, -0.15) is 4.98 Å². The third kappa shape index (κ3) is 2.09. The first-order chi connectivity index (χ1) is 8.33. The van der Waals surface area contributed by atoms with Crippen LogP contribution < -0.4 is 0 Å². The molecular formula is C12H7ClN2OS. The second-order valence-electron chi connectivity index (χ2n) is 3.41. The van der Waals surface area contributed by atoms with Gasteiger partial charge in [0, 0.05) is 10.6 Å². The number of hydrogen-bond acceptors (Lipinski definition) is 4. The molecular weight excluding hydrogens is 256 g/mol. The molecule has 2 aromatic heterocycles. The summed E-state index contributed by atoms with van der Waals surface area (Å²) in [7, 11) is 0. The fraction of sp³-hybridized carbons (Fsp3) is 0. The van der Waals surface area contributed by atoms with E-state index in [9.17, 15) is 0 Å². The highest BCUT2D eigenvalue weighted by atomic mass is 35.5. The number of benzene rings is 1. The van der Waals surface area contributed by atoms with Crippen LogP contribution in [-0.4, -0.2) is 10.1 Å². The lowest BCUT2D eigenvalue weighted by Gasteiger charge is -1.92. The highest BCUT2D eigenvalue weighted by Gasteiger charge is 2.10. The van der Waals surface area contributed by atoms with Gasteiger partial charge in [-0.15, -0.1) is 11.3 Å². The van der Waals surface area contributed by atoms with Gasteiger partial charge in [-0.25, -0.2) is 0 Å². The molecule has 0 aliphatic carbocycles. The van der Waals surface area contributed by atoms with E-state index in [1.165, 1.54) is 0 Å². The quantitative estimate of drug-likeness (QED) is 0.697. The first-order valence-corrected chi connectivity index (χ1v) is 6.22. The molecule has 0 N–H and O–H groups in total. The standard InChI is InChI=1S/C12H7ClN2OS/c13-9-5-3-8(4-6-9)12-14-11(15-16-12)10-2-1-7-17-10/h1-7H. The van der Waals surface area contributed by atoms with Crippen molar-refractivity contribution in [1.82, 2.24) is 10.1 Å². The number of hydrogen-bond donors (Lipinski definition) is 0. The highest BCUT2D eigenvalue weighted by Crippen LogP contribution is 2.25. The fourth-order valence-electron chi connectivity index (χ4n) is 1.44. The van der Waals surface area contributed by atoms with Crippen LogP contribution >= 0.6 is 22.9 Å². The first kappa shape index (κ1) is 10.5. The van der Waals surface area contributed by atoms with Crippen LogP contribution in [0.5, 0.6) is 0 Å². The maximum absolute atomic E-state index is 5.82. The Labute approximate surface area is 107 Å². The topological polar surface area (TPSA) is 38.9 Å². The monoisotopic (exact) mass is 262 g/mol. The smallest absolute Gasteiger partial charge is 0.258 e.